The number of nitro benzene ring substituents is 1. The summed E-state index contributed by atoms with van der Waals surface area (Å²) in [5.74, 6) is -0.576. The Labute approximate surface area is 202 Å². The van der Waals surface area contributed by atoms with Gasteiger partial charge in [0.05, 0.1) is 4.92 Å². The Morgan fingerprint density at radius 2 is 1.76 bits per heavy atom. The van der Waals surface area contributed by atoms with Crippen molar-refractivity contribution in [2.45, 2.75) is 26.3 Å². The summed E-state index contributed by atoms with van der Waals surface area (Å²) in [7, 11) is 0. The fraction of sp³-hybridized carbons (Fsp3) is 0.238. The number of carbonyl (C=O) groups is 2. The number of halogens is 1. The van der Waals surface area contributed by atoms with E-state index in [-0.39, 0.29) is 11.6 Å². The van der Waals surface area contributed by atoms with Gasteiger partial charge in [0.1, 0.15) is 11.0 Å². The van der Waals surface area contributed by atoms with E-state index in [0.29, 0.717) is 22.2 Å². The molecule has 1 heterocycles. The van der Waals surface area contributed by atoms with Gasteiger partial charge in [0.25, 0.3) is 5.69 Å². The Hall–Kier alpha value is -3.38. The van der Waals surface area contributed by atoms with Crippen molar-refractivity contribution in [2.75, 3.05) is 10.6 Å². The highest BCUT2D eigenvalue weighted by molar-refractivity contribution is 9.10. The maximum atomic E-state index is 12.9. The number of carbonyl (C=O) groups excluding carboxylic acids is 2. The highest BCUT2D eigenvalue weighted by Crippen LogP contribution is 2.27. The Kier molecular flexibility index (Phi) is 8.06. The molecule has 0 radical (unpaired) electrons. The predicted molar refractivity (Wildman–Crippen MR) is 130 cm³/mol. The van der Waals surface area contributed by atoms with Gasteiger partial charge >= 0.3 is 6.03 Å². The lowest BCUT2D eigenvalue weighted by Gasteiger charge is -2.23. The molecule has 0 aliphatic rings. The third-order valence-electron chi connectivity index (χ3n) is 4.86. The molecule has 0 saturated carbocycles. The molecule has 3 aromatic rings. The van der Waals surface area contributed by atoms with Gasteiger partial charge in [0.2, 0.25) is 11.0 Å². The first-order chi connectivity index (χ1) is 15.8. The average molecular weight is 533 g/mol. The van der Waals surface area contributed by atoms with E-state index in [1.165, 1.54) is 35.6 Å². The molecule has 2 aromatic carbocycles. The largest absolute Gasteiger partial charge is 0.326 e. The Morgan fingerprint density at radius 1 is 1.09 bits per heavy atom. The van der Waals surface area contributed by atoms with Gasteiger partial charge < -0.3 is 10.6 Å². The van der Waals surface area contributed by atoms with Crippen molar-refractivity contribution in [3.8, 4) is 10.6 Å². The number of anilines is 2. The minimum Gasteiger partial charge on any atom is -0.326 e. The number of non-ortho nitro benzene ring substituents is 1. The Balaban J connectivity index is 1.65. The molecule has 10 nitrogen and oxygen atoms in total. The number of aromatic nitrogens is 2. The lowest BCUT2D eigenvalue weighted by molar-refractivity contribution is -0.384. The number of nitrogens with zero attached hydrogens (tertiary/aromatic N) is 3. The van der Waals surface area contributed by atoms with E-state index in [1.807, 2.05) is 38.1 Å². The second-order valence-electron chi connectivity index (χ2n) is 7.17. The minimum absolute atomic E-state index is 0.0858. The van der Waals surface area contributed by atoms with Crippen LogP contribution in [0.5, 0.6) is 0 Å². The molecule has 2 atom stereocenters. The summed E-state index contributed by atoms with van der Waals surface area (Å²) in [4.78, 5) is 35.6. The molecule has 0 unspecified atom stereocenters. The number of hydrogen-bond acceptors (Lipinski definition) is 7. The summed E-state index contributed by atoms with van der Waals surface area (Å²) < 4.78 is 0.943. The molecule has 3 rings (SSSR count). The molecule has 0 fully saturated rings. The number of hydrogen-bond donors (Lipinski definition) is 3. The number of rotatable bonds is 8. The maximum Gasteiger partial charge on any atom is 0.319 e. The molecule has 0 bridgehead atoms. The van der Waals surface area contributed by atoms with E-state index in [0.717, 1.165) is 10.0 Å². The van der Waals surface area contributed by atoms with E-state index < -0.39 is 22.9 Å². The van der Waals surface area contributed by atoms with Crippen LogP contribution in [-0.4, -0.2) is 33.1 Å². The zero-order valence-electron chi connectivity index (χ0n) is 17.7. The maximum absolute atomic E-state index is 12.9. The van der Waals surface area contributed by atoms with Crippen LogP contribution in [0, 0.1) is 16.0 Å². The van der Waals surface area contributed by atoms with Gasteiger partial charge in [0, 0.05) is 27.9 Å². The summed E-state index contributed by atoms with van der Waals surface area (Å²) in [5, 5.41) is 27.9. The molecule has 3 amide bonds. The summed E-state index contributed by atoms with van der Waals surface area (Å²) in [5.41, 5.74) is 1.15. The van der Waals surface area contributed by atoms with Crippen molar-refractivity contribution in [3.05, 3.63) is 63.1 Å². The third-order valence-corrected chi connectivity index (χ3v) is 6.28. The molecule has 0 aliphatic carbocycles. The number of nitrogens with one attached hydrogen (secondary N) is 3. The number of amides is 3. The topological polar surface area (TPSA) is 139 Å². The molecule has 33 heavy (non-hydrogen) atoms. The highest BCUT2D eigenvalue weighted by Gasteiger charge is 2.27. The molecule has 172 valence electrons. The van der Waals surface area contributed by atoms with Gasteiger partial charge in [-0.1, -0.05) is 59.7 Å². The number of nitro groups is 1. The number of benzene rings is 2. The summed E-state index contributed by atoms with van der Waals surface area (Å²) in [6, 6.07) is 11.5. The van der Waals surface area contributed by atoms with Crippen LogP contribution in [0.4, 0.5) is 21.3 Å². The normalized spacial score (nSPS) is 12.5. The lowest BCUT2D eigenvalue weighted by atomic mass is 9.98. The lowest BCUT2D eigenvalue weighted by Crippen LogP contribution is -2.49. The highest BCUT2D eigenvalue weighted by atomic mass is 79.9. The molecule has 1 aromatic heterocycles. The zero-order chi connectivity index (χ0) is 24.0. The quantitative estimate of drug-likeness (QED) is 0.274. The van der Waals surface area contributed by atoms with Crippen LogP contribution in [0.15, 0.2) is 53.0 Å². The predicted octanol–water partition coefficient (Wildman–Crippen LogP) is 5.05. The molecule has 3 N–H and O–H groups in total. The van der Waals surface area contributed by atoms with Crippen molar-refractivity contribution < 1.29 is 14.5 Å². The monoisotopic (exact) mass is 532 g/mol. The standard InChI is InChI=1S/C21H21BrN6O4S/c1-3-12(2)17(24-20(30)23-15-8-10-16(11-9-15)28(31)32)18(29)25-21-27-26-19(33-21)13-4-6-14(22)7-5-13/h4-12,17H,3H2,1-2H3,(H2,23,24,30)(H,25,27,29)/t12-,17+/m0/s1. The summed E-state index contributed by atoms with van der Waals surface area (Å²) in [6.45, 7) is 3.77. The van der Waals surface area contributed by atoms with Crippen LogP contribution in [-0.2, 0) is 4.79 Å². The fourth-order valence-electron chi connectivity index (χ4n) is 2.84. The van der Waals surface area contributed by atoms with E-state index >= 15 is 0 Å². The first kappa shape index (κ1) is 24.3. The molecule has 0 spiro atoms. The molecule has 0 aliphatic heterocycles. The van der Waals surface area contributed by atoms with Crippen LogP contribution >= 0.6 is 27.3 Å². The zero-order valence-corrected chi connectivity index (χ0v) is 20.1. The molecule has 0 saturated heterocycles. The fourth-order valence-corrected chi connectivity index (χ4v) is 3.86. The first-order valence-corrected chi connectivity index (χ1v) is 11.6. The Bertz CT molecular complexity index is 1140. The summed E-state index contributed by atoms with van der Waals surface area (Å²) in [6.07, 6.45) is 0.649. The van der Waals surface area contributed by atoms with Crippen LogP contribution in [0.3, 0.4) is 0 Å². The van der Waals surface area contributed by atoms with Gasteiger partial charge in [-0.2, -0.15) is 0 Å². The van der Waals surface area contributed by atoms with Crippen LogP contribution < -0.4 is 16.0 Å². The van der Waals surface area contributed by atoms with Gasteiger partial charge in [-0.15, -0.1) is 10.2 Å². The van der Waals surface area contributed by atoms with Crippen molar-refractivity contribution in [3.63, 3.8) is 0 Å². The Morgan fingerprint density at radius 3 is 2.36 bits per heavy atom. The SMILES string of the molecule is CC[C@H](C)[C@@H](NC(=O)Nc1ccc([N+](=O)[O-])cc1)C(=O)Nc1nnc(-c2ccc(Br)cc2)s1. The van der Waals surface area contributed by atoms with Crippen LogP contribution in [0.25, 0.3) is 10.6 Å². The van der Waals surface area contributed by atoms with Crippen LogP contribution in [0.2, 0.25) is 0 Å². The number of urea groups is 1. The first-order valence-electron chi connectivity index (χ1n) is 9.99. The van der Waals surface area contributed by atoms with Crippen molar-refractivity contribution in [1.82, 2.24) is 15.5 Å². The van der Waals surface area contributed by atoms with Crippen molar-refractivity contribution in [1.29, 1.82) is 0 Å². The van der Waals surface area contributed by atoms with E-state index in [9.17, 15) is 19.7 Å². The van der Waals surface area contributed by atoms with E-state index in [2.05, 4.69) is 42.1 Å². The van der Waals surface area contributed by atoms with Gasteiger partial charge in [-0.3, -0.25) is 20.2 Å². The van der Waals surface area contributed by atoms with Crippen molar-refractivity contribution in [2.24, 2.45) is 5.92 Å². The summed E-state index contributed by atoms with van der Waals surface area (Å²) >= 11 is 4.61. The second-order valence-corrected chi connectivity index (χ2v) is 9.07. The average Bonchev–Trinajstić information content (AvgIpc) is 3.26. The van der Waals surface area contributed by atoms with Gasteiger partial charge in [-0.25, -0.2) is 4.79 Å². The van der Waals surface area contributed by atoms with Crippen molar-refractivity contribution >= 4 is 55.7 Å². The van der Waals surface area contributed by atoms with E-state index in [1.54, 1.807) is 0 Å². The third kappa shape index (κ3) is 6.56. The second kappa shape index (κ2) is 11.0. The van der Waals surface area contributed by atoms with Gasteiger partial charge in [-0.05, 0) is 30.2 Å². The molecular formula is C21H21BrN6O4S. The van der Waals surface area contributed by atoms with Gasteiger partial charge in [0.15, 0.2) is 0 Å². The molecular weight excluding hydrogens is 512 g/mol. The minimum atomic E-state index is -0.826. The smallest absolute Gasteiger partial charge is 0.319 e. The molecule has 12 heteroatoms. The van der Waals surface area contributed by atoms with Crippen LogP contribution in [0.1, 0.15) is 20.3 Å². The van der Waals surface area contributed by atoms with E-state index in [4.69, 9.17) is 0 Å².